The molecule has 0 bridgehead atoms. The number of aromatic nitrogens is 2. The third-order valence-corrected chi connectivity index (χ3v) is 5.23. The second-order valence-electron chi connectivity index (χ2n) is 6.09. The molecule has 2 heterocycles. The predicted molar refractivity (Wildman–Crippen MR) is 75.2 cm³/mol. The van der Waals surface area contributed by atoms with Crippen molar-refractivity contribution < 1.29 is 4.74 Å². The number of hydrogen-bond donors (Lipinski definition) is 1. The van der Waals surface area contributed by atoms with Crippen LogP contribution in [-0.2, 0) is 18.2 Å². The second-order valence-corrected chi connectivity index (χ2v) is 6.47. The van der Waals surface area contributed by atoms with Gasteiger partial charge in [-0.15, -0.1) is 0 Å². The van der Waals surface area contributed by atoms with Gasteiger partial charge in [-0.2, -0.15) is 5.10 Å². The molecule has 2 aliphatic rings. The molecule has 2 N–H and O–H groups in total. The lowest BCUT2D eigenvalue weighted by molar-refractivity contribution is 0.0337. The summed E-state index contributed by atoms with van der Waals surface area (Å²) in [4.78, 5) is 0. The zero-order valence-corrected chi connectivity index (χ0v) is 12.4. The van der Waals surface area contributed by atoms with E-state index in [9.17, 15) is 0 Å². The second kappa shape index (κ2) is 4.76. The van der Waals surface area contributed by atoms with Crippen LogP contribution in [0.1, 0.15) is 30.7 Å². The molecular weight excluding hydrogens is 262 g/mol. The van der Waals surface area contributed by atoms with Gasteiger partial charge in [0.1, 0.15) is 0 Å². The summed E-state index contributed by atoms with van der Waals surface area (Å²) in [6.45, 7) is 3.44. The highest BCUT2D eigenvalue weighted by Gasteiger charge is 2.50. The van der Waals surface area contributed by atoms with E-state index in [4.69, 9.17) is 22.1 Å². The van der Waals surface area contributed by atoms with Crippen LogP contribution in [0.25, 0.3) is 0 Å². The number of aryl methyl sites for hydroxylation is 2. The summed E-state index contributed by atoms with van der Waals surface area (Å²) in [5.74, 6) is 0.708. The fourth-order valence-corrected chi connectivity index (χ4v) is 3.66. The molecule has 0 aromatic carbocycles. The van der Waals surface area contributed by atoms with E-state index in [1.54, 1.807) is 0 Å². The van der Waals surface area contributed by atoms with Crippen LogP contribution >= 0.6 is 11.6 Å². The van der Waals surface area contributed by atoms with Crippen molar-refractivity contribution in [1.82, 2.24) is 9.78 Å². The van der Waals surface area contributed by atoms with Crippen LogP contribution < -0.4 is 5.73 Å². The number of nitrogens with two attached hydrogens (primary N) is 1. The SMILES string of the molecule is Cc1nn(C)c(CC2(CN)CCOC2C2CC2)c1Cl. The lowest BCUT2D eigenvalue weighted by atomic mass is 9.75. The van der Waals surface area contributed by atoms with E-state index in [2.05, 4.69) is 5.10 Å². The van der Waals surface area contributed by atoms with Crippen LogP contribution in [0, 0.1) is 18.3 Å². The van der Waals surface area contributed by atoms with E-state index in [-0.39, 0.29) is 5.41 Å². The normalized spacial score (nSPS) is 31.1. The molecule has 1 aliphatic carbocycles. The molecule has 2 unspecified atom stereocenters. The molecule has 1 aliphatic heterocycles. The molecule has 0 spiro atoms. The highest BCUT2D eigenvalue weighted by molar-refractivity contribution is 6.31. The number of rotatable bonds is 4. The summed E-state index contributed by atoms with van der Waals surface area (Å²) in [5.41, 5.74) is 8.17. The summed E-state index contributed by atoms with van der Waals surface area (Å²) < 4.78 is 7.89. The maximum absolute atomic E-state index is 6.39. The van der Waals surface area contributed by atoms with Crippen molar-refractivity contribution in [1.29, 1.82) is 0 Å². The van der Waals surface area contributed by atoms with Crippen LogP contribution in [-0.4, -0.2) is 29.0 Å². The topological polar surface area (TPSA) is 53.1 Å². The molecule has 106 valence electrons. The fraction of sp³-hybridized carbons (Fsp3) is 0.786. The maximum Gasteiger partial charge on any atom is 0.0847 e. The number of nitrogens with zero attached hydrogens (tertiary/aromatic N) is 2. The minimum atomic E-state index is 0.0467. The van der Waals surface area contributed by atoms with E-state index < -0.39 is 0 Å². The largest absolute Gasteiger partial charge is 0.377 e. The lowest BCUT2D eigenvalue weighted by Gasteiger charge is -2.33. The summed E-state index contributed by atoms with van der Waals surface area (Å²) in [6.07, 6.45) is 4.78. The molecule has 19 heavy (non-hydrogen) atoms. The zero-order valence-electron chi connectivity index (χ0n) is 11.7. The lowest BCUT2D eigenvalue weighted by Crippen LogP contribution is -2.42. The Hall–Kier alpha value is -0.580. The zero-order chi connectivity index (χ0) is 13.6. The Labute approximate surface area is 119 Å². The number of hydrogen-bond acceptors (Lipinski definition) is 3. The third-order valence-electron chi connectivity index (χ3n) is 4.74. The smallest absolute Gasteiger partial charge is 0.0847 e. The van der Waals surface area contributed by atoms with Gasteiger partial charge in [-0.3, -0.25) is 4.68 Å². The van der Waals surface area contributed by atoms with E-state index in [1.807, 2.05) is 18.7 Å². The minimum Gasteiger partial charge on any atom is -0.377 e. The number of ether oxygens (including phenoxy) is 1. The van der Waals surface area contributed by atoms with E-state index in [1.165, 1.54) is 12.8 Å². The van der Waals surface area contributed by atoms with Gasteiger partial charge in [-0.05, 0) is 32.1 Å². The summed E-state index contributed by atoms with van der Waals surface area (Å²) in [7, 11) is 1.96. The first-order valence-corrected chi connectivity index (χ1v) is 7.45. The first-order chi connectivity index (χ1) is 9.07. The van der Waals surface area contributed by atoms with E-state index >= 15 is 0 Å². The summed E-state index contributed by atoms with van der Waals surface area (Å²) >= 11 is 6.39. The Morgan fingerprint density at radius 3 is 2.79 bits per heavy atom. The van der Waals surface area contributed by atoms with Gasteiger partial charge in [-0.25, -0.2) is 0 Å². The Bertz CT molecular complexity index is 483. The van der Waals surface area contributed by atoms with Crippen molar-refractivity contribution in [2.75, 3.05) is 13.2 Å². The number of halogens is 1. The first kappa shape index (κ1) is 13.4. The molecule has 2 fully saturated rings. The van der Waals surface area contributed by atoms with Gasteiger partial charge in [0, 0.05) is 32.0 Å². The maximum atomic E-state index is 6.39. The molecule has 1 aromatic rings. The molecule has 1 saturated carbocycles. The van der Waals surface area contributed by atoms with Crippen molar-refractivity contribution in [3.05, 3.63) is 16.4 Å². The molecule has 4 nitrogen and oxygen atoms in total. The third kappa shape index (κ3) is 2.20. The Balaban J connectivity index is 1.90. The molecule has 5 heteroatoms. The quantitative estimate of drug-likeness (QED) is 0.920. The molecular formula is C14H22ClN3O. The molecule has 1 aromatic heterocycles. The van der Waals surface area contributed by atoms with Crippen molar-refractivity contribution in [2.24, 2.45) is 24.1 Å². The first-order valence-electron chi connectivity index (χ1n) is 7.07. The van der Waals surface area contributed by atoms with Gasteiger partial charge in [-0.1, -0.05) is 11.6 Å². The minimum absolute atomic E-state index is 0.0467. The van der Waals surface area contributed by atoms with Crippen molar-refractivity contribution in [2.45, 2.75) is 38.7 Å². The Morgan fingerprint density at radius 1 is 1.53 bits per heavy atom. The van der Waals surface area contributed by atoms with Gasteiger partial charge in [0.25, 0.3) is 0 Å². The van der Waals surface area contributed by atoms with E-state index in [0.717, 1.165) is 35.9 Å². The van der Waals surface area contributed by atoms with Crippen LogP contribution in [0.5, 0.6) is 0 Å². The molecule has 3 rings (SSSR count). The van der Waals surface area contributed by atoms with Crippen molar-refractivity contribution >= 4 is 11.6 Å². The highest BCUT2D eigenvalue weighted by Crippen LogP contribution is 2.49. The average molecular weight is 284 g/mol. The standard InChI is InChI=1S/C14H22ClN3O/c1-9-12(15)11(18(2)17-9)7-14(8-16)5-6-19-13(14)10-3-4-10/h10,13H,3-8,16H2,1-2H3. The van der Waals surface area contributed by atoms with Gasteiger partial charge in [0.05, 0.1) is 22.5 Å². The van der Waals surface area contributed by atoms with Gasteiger partial charge < -0.3 is 10.5 Å². The van der Waals surface area contributed by atoms with Gasteiger partial charge >= 0.3 is 0 Å². The van der Waals surface area contributed by atoms with E-state index in [0.29, 0.717) is 18.6 Å². The van der Waals surface area contributed by atoms with Gasteiger partial charge in [0.2, 0.25) is 0 Å². The van der Waals surface area contributed by atoms with Crippen LogP contribution in [0.15, 0.2) is 0 Å². The Kier molecular flexibility index (Phi) is 3.36. The van der Waals surface area contributed by atoms with Crippen LogP contribution in [0.3, 0.4) is 0 Å². The monoisotopic (exact) mass is 283 g/mol. The predicted octanol–water partition coefficient (Wildman–Crippen LogP) is 2.07. The molecule has 0 radical (unpaired) electrons. The summed E-state index contributed by atoms with van der Waals surface area (Å²) in [6, 6.07) is 0. The van der Waals surface area contributed by atoms with Crippen LogP contribution in [0.2, 0.25) is 5.02 Å². The molecule has 2 atom stereocenters. The fourth-order valence-electron chi connectivity index (χ4n) is 3.43. The van der Waals surface area contributed by atoms with Crippen molar-refractivity contribution in [3.8, 4) is 0 Å². The molecule has 0 amide bonds. The highest BCUT2D eigenvalue weighted by atomic mass is 35.5. The van der Waals surface area contributed by atoms with Crippen LogP contribution in [0.4, 0.5) is 0 Å². The van der Waals surface area contributed by atoms with Crippen molar-refractivity contribution in [3.63, 3.8) is 0 Å². The Morgan fingerprint density at radius 2 is 2.26 bits per heavy atom. The average Bonchev–Trinajstić information content (AvgIpc) is 3.11. The molecule has 1 saturated heterocycles. The summed E-state index contributed by atoms with van der Waals surface area (Å²) in [5, 5.41) is 5.20. The van der Waals surface area contributed by atoms with Gasteiger partial charge in [0.15, 0.2) is 0 Å².